The third-order valence-electron chi connectivity index (χ3n) is 3.95. The Morgan fingerprint density at radius 1 is 0.889 bits per heavy atom. The lowest BCUT2D eigenvalue weighted by atomic mass is 10.1. The monoisotopic (exact) mass is 377 g/mol. The molecule has 0 heterocycles. The zero-order valence-corrected chi connectivity index (χ0v) is 16.8. The Hall–Kier alpha value is -2.37. The average molecular weight is 377 g/mol. The number of benzene rings is 1. The van der Waals surface area contributed by atoms with E-state index < -0.39 is 11.9 Å². The van der Waals surface area contributed by atoms with Crippen molar-refractivity contribution in [3.63, 3.8) is 0 Å². The zero-order chi connectivity index (χ0) is 20.2. The largest absolute Gasteiger partial charge is 0.464 e. The van der Waals surface area contributed by atoms with Crippen LogP contribution in [0.25, 0.3) is 0 Å². The van der Waals surface area contributed by atoms with Gasteiger partial charge in [-0.05, 0) is 48.9 Å². The first-order valence-electron chi connectivity index (χ1n) is 9.43. The van der Waals surface area contributed by atoms with Crippen LogP contribution in [-0.2, 0) is 19.1 Å². The Kier molecular flexibility index (Phi) is 10.2. The number of rotatable bonds is 12. The molecule has 0 aliphatic carbocycles. The normalized spacial score (nSPS) is 10.7. The molecular weight excluding hydrogens is 346 g/mol. The fraction of sp³-hybridized carbons (Fsp3) is 0.571. The third kappa shape index (κ3) is 9.78. The van der Waals surface area contributed by atoms with E-state index in [4.69, 9.17) is 9.47 Å². The van der Waals surface area contributed by atoms with E-state index in [2.05, 4.69) is 27.7 Å². The van der Waals surface area contributed by atoms with E-state index in [1.165, 1.54) is 0 Å². The first-order chi connectivity index (χ1) is 12.8. The molecule has 0 spiro atoms. The summed E-state index contributed by atoms with van der Waals surface area (Å²) in [5, 5.41) is 0. The van der Waals surface area contributed by atoms with Gasteiger partial charge in [0.25, 0.3) is 0 Å². The van der Waals surface area contributed by atoms with Crippen LogP contribution in [0, 0.1) is 11.8 Å². The average Bonchev–Trinajstić information content (AvgIpc) is 2.60. The highest BCUT2D eigenvalue weighted by atomic mass is 16.5. The van der Waals surface area contributed by atoms with Crippen molar-refractivity contribution in [2.45, 2.75) is 40.5 Å². The fourth-order valence-electron chi connectivity index (χ4n) is 2.22. The second-order valence-electron chi connectivity index (χ2n) is 7.37. The molecule has 0 saturated heterocycles. The zero-order valence-electron chi connectivity index (χ0n) is 16.8. The van der Waals surface area contributed by atoms with Crippen molar-refractivity contribution in [3.8, 4) is 0 Å². The Bertz CT molecular complexity index is 567. The van der Waals surface area contributed by atoms with Crippen LogP contribution in [0.5, 0.6) is 0 Å². The van der Waals surface area contributed by atoms with Crippen molar-refractivity contribution in [3.05, 3.63) is 29.8 Å². The minimum Gasteiger partial charge on any atom is -0.464 e. The first-order valence-corrected chi connectivity index (χ1v) is 9.43. The number of ether oxygens (including phenoxy) is 2. The van der Waals surface area contributed by atoms with Crippen molar-refractivity contribution < 1.29 is 23.9 Å². The molecule has 150 valence electrons. The van der Waals surface area contributed by atoms with Gasteiger partial charge < -0.3 is 14.4 Å². The van der Waals surface area contributed by atoms with Crippen LogP contribution in [0.2, 0.25) is 0 Å². The van der Waals surface area contributed by atoms with Gasteiger partial charge >= 0.3 is 11.9 Å². The Balaban J connectivity index is 2.71. The summed E-state index contributed by atoms with van der Waals surface area (Å²) < 4.78 is 10.5. The van der Waals surface area contributed by atoms with Crippen molar-refractivity contribution in [2.24, 2.45) is 11.8 Å². The summed E-state index contributed by atoms with van der Waals surface area (Å²) in [4.78, 5) is 36.7. The molecule has 0 unspecified atom stereocenters. The van der Waals surface area contributed by atoms with Gasteiger partial charge in [0, 0.05) is 11.3 Å². The summed E-state index contributed by atoms with van der Waals surface area (Å²) in [7, 11) is 0. The van der Waals surface area contributed by atoms with Crippen LogP contribution in [0.15, 0.2) is 24.3 Å². The third-order valence-corrected chi connectivity index (χ3v) is 3.95. The maximum absolute atomic E-state index is 12.1. The van der Waals surface area contributed by atoms with Crippen LogP contribution in [0.3, 0.4) is 0 Å². The number of hydrogen-bond acceptors (Lipinski definition) is 6. The van der Waals surface area contributed by atoms with Crippen LogP contribution in [0.4, 0.5) is 5.69 Å². The van der Waals surface area contributed by atoms with E-state index >= 15 is 0 Å². The predicted molar refractivity (Wildman–Crippen MR) is 105 cm³/mol. The number of carbonyl (C=O) groups is 3. The van der Waals surface area contributed by atoms with Gasteiger partial charge in [-0.25, -0.2) is 0 Å². The van der Waals surface area contributed by atoms with E-state index in [0.717, 1.165) is 19.1 Å². The lowest BCUT2D eigenvalue weighted by Gasteiger charge is -2.23. The van der Waals surface area contributed by atoms with Crippen molar-refractivity contribution in [1.29, 1.82) is 0 Å². The smallest absolute Gasteiger partial charge is 0.325 e. The van der Waals surface area contributed by atoms with Crippen molar-refractivity contribution in [1.82, 2.24) is 0 Å². The number of esters is 2. The summed E-state index contributed by atoms with van der Waals surface area (Å²) in [5.74, 6) is 0.0941. The Morgan fingerprint density at radius 3 is 1.70 bits per heavy atom. The van der Waals surface area contributed by atoms with Crippen LogP contribution in [0.1, 0.15) is 50.9 Å². The van der Waals surface area contributed by atoms with Gasteiger partial charge in [0.2, 0.25) is 0 Å². The van der Waals surface area contributed by atoms with E-state index in [-0.39, 0.29) is 13.1 Å². The molecule has 0 bridgehead atoms. The summed E-state index contributed by atoms with van der Waals surface area (Å²) in [5.41, 5.74) is 1.18. The summed E-state index contributed by atoms with van der Waals surface area (Å²) in [6.07, 6.45) is 2.32. The molecule has 0 fully saturated rings. The molecule has 0 radical (unpaired) electrons. The molecule has 0 N–H and O–H groups in total. The molecule has 0 amide bonds. The molecule has 0 aromatic heterocycles. The number of aldehydes is 1. The van der Waals surface area contributed by atoms with Crippen LogP contribution >= 0.6 is 0 Å². The second kappa shape index (κ2) is 12.1. The number of nitrogens with zero attached hydrogens (tertiary/aromatic N) is 1. The van der Waals surface area contributed by atoms with E-state index in [1.807, 2.05) is 0 Å². The molecule has 0 saturated carbocycles. The molecule has 0 aliphatic rings. The maximum atomic E-state index is 12.1. The Morgan fingerprint density at radius 2 is 1.33 bits per heavy atom. The highest BCUT2D eigenvalue weighted by molar-refractivity contribution is 5.82. The molecule has 1 rings (SSSR count). The lowest BCUT2D eigenvalue weighted by Crippen LogP contribution is -2.36. The number of anilines is 1. The van der Waals surface area contributed by atoms with Crippen molar-refractivity contribution in [2.75, 3.05) is 31.2 Å². The summed E-state index contributed by atoms with van der Waals surface area (Å²) in [6.45, 7) is 8.82. The maximum Gasteiger partial charge on any atom is 0.325 e. The molecule has 0 atom stereocenters. The molecule has 6 heteroatoms. The van der Waals surface area contributed by atoms with Gasteiger partial charge in [-0.3, -0.25) is 14.4 Å². The first kappa shape index (κ1) is 22.7. The Labute approximate surface area is 161 Å². The molecule has 1 aromatic rings. The second-order valence-corrected chi connectivity index (χ2v) is 7.37. The van der Waals surface area contributed by atoms with Gasteiger partial charge in [-0.1, -0.05) is 27.7 Å². The van der Waals surface area contributed by atoms with Gasteiger partial charge in [-0.15, -0.1) is 0 Å². The highest BCUT2D eigenvalue weighted by Gasteiger charge is 2.17. The number of carbonyl (C=O) groups excluding carboxylic acids is 3. The van der Waals surface area contributed by atoms with Gasteiger partial charge in [0.05, 0.1) is 13.2 Å². The van der Waals surface area contributed by atoms with E-state index in [1.54, 1.807) is 29.2 Å². The minimum atomic E-state index is -0.398. The van der Waals surface area contributed by atoms with Gasteiger partial charge in [-0.2, -0.15) is 0 Å². The lowest BCUT2D eigenvalue weighted by molar-refractivity contribution is -0.143. The van der Waals surface area contributed by atoms with Crippen LogP contribution < -0.4 is 4.90 Å². The van der Waals surface area contributed by atoms with Gasteiger partial charge in [0.1, 0.15) is 19.4 Å². The topological polar surface area (TPSA) is 72.9 Å². The van der Waals surface area contributed by atoms with Crippen LogP contribution in [-0.4, -0.2) is 44.5 Å². The molecule has 0 aliphatic heterocycles. The minimum absolute atomic E-state index is 0.0577. The SMILES string of the molecule is CC(C)CCOC(=O)CN(CC(=O)OCCC(C)C)c1ccc(C=O)cc1. The molecule has 1 aromatic carbocycles. The summed E-state index contributed by atoms with van der Waals surface area (Å²) >= 11 is 0. The standard InChI is InChI=1S/C21H31NO5/c1-16(2)9-11-26-20(24)13-22(14-21(25)27-12-10-17(3)4)19-7-5-18(15-23)6-8-19/h5-8,15-17H,9-14H2,1-4H3. The van der Waals surface area contributed by atoms with Crippen molar-refractivity contribution >= 4 is 23.9 Å². The fourth-order valence-corrected chi connectivity index (χ4v) is 2.22. The van der Waals surface area contributed by atoms with E-state index in [9.17, 15) is 14.4 Å². The molecular formula is C21H31NO5. The van der Waals surface area contributed by atoms with E-state index in [0.29, 0.717) is 36.3 Å². The summed E-state index contributed by atoms with van der Waals surface area (Å²) in [6, 6.07) is 6.69. The van der Waals surface area contributed by atoms with Gasteiger partial charge in [0.15, 0.2) is 0 Å². The molecule has 6 nitrogen and oxygen atoms in total. The molecule has 27 heavy (non-hydrogen) atoms. The quantitative estimate of drug-likeness (QED) is 0.410. The highest BCUT2D eigenvalue weighted by Crippen LogP contribution is 2.15. The number of hydrogen-bond donors (Lipinski definition) is 0. The predicted octanol–water partition coefficient (Wildman–Crippen LogP) is 3.48.